The van der Waals surface area contributed by atoms with Crippen LogP contribution >= 0.6 is 0 Å². The summed E-state index contributed by atoms with van der Waals surface area (Å²) in [5.74, 6) is 1.63. The minimum absolute atomic E-state index is 0.0837. The molecule has 0 aliphatic heterocycles. The molecule has 27 heavy (non-hydrogen) atoms. The van der Waals surface area contributed by atoms with E-state index in [-0.39, 0.29) is 5.91 Å². The summed E-state index contributed by atoms with van der Waals surface area (Å²) in [4.78, 5) is 12.0. The van der Waals surface area contributed by atoms with Gasteiger partial charge in [0.1, 0.15) is 5.75 Å². The van der Waals surface area contributed by atoms with Crippen LogP contribution in [0.3, 0.4) is 0 Å². The Labute approximate surface area is 161 Å². The molecule has 0 fully saturated rings. The Kier molecular flexibility index (Phi) is 7.34. The topological polar surface area (TPSA) is 50.4 Å². The van der Waals surface area contributed by atoms with Crippen LogP contribution in [0.2, 0.25) is 0 Å². The quantitative estimate of drug-likeness (QED) is 0.595. The third kappa shape index (κ3) is 6.48. The van der Waals surface area contributed by atoms with Gasteiger partial charge in [-0.3, -0.25) is 4.79 Å². The molecule has 0 atom stereocenters. The van der Waals surface area contributed by atoms with E-state index < -0.39 is 0 Å². The lowest BCUT2D eigenvalue weighted by molar-refractivity contribution is -0.120. The van der Waals surface area contributed by atoms with E-state index in [1.54, 1.807) is 0 Å². The number of anilines is 1. The second-order valence-corrected chi connectivity index (χ2v) is 6.80. The number of amides is 1. The van der Waals surface area contributed by atoms with Gasteiger partial charge in [0.15, 0.2) is 5.75 Å². The monoisotopic (exact) mass is 364 g/mol. The fourth-order valence-electron chi connectivity index (χ4n) is 3.21. The predicted molar refractivity (Wildman–Crippen MR) is 110 cm³/mol. The molecule has 142 valence electrons. The Hall–Kier alpha value is -2.75. The largest absolute Gasteiger partial charge is 0.455 e. The summed E-state index contributed by atoms with van der Waals surface area (Å²) in [6, 6.07) is 17.5. The van der Waals surface area contributed by atoms with Gasteiger partial charge in [0.05, 0.1) is 5.69 Å². The molecule has 0 radical (unpaired) electrons. The highest BCUT2D eigenvalue weighted by Crippen LogP contribution is 2.28. The van der Waals surface area contributed by atoms with E-state index in [0.29, 0.717) is 13.0 Å². The van der Waals surface area contributed by atoms with E-state index in [4.69, 9.17) is 4.74 Å². The molecule has 1 aliphatic rings. The van der Waals surface area contributed by atoms with Crippen molar-refractivity contribution in [1.29, 1.82) is 0 Å². The summed E-state index contributed by atoms with van der Waals surface area (Å²) in [5, 5.41) is 6.33. The summed E-state index contributed by atoms with van der Waals surface area (Å²) in [6.45, 7) is 1.31. The Bertz CT molecular complexity index is 756. The lowest BCUT2D eigenvalue weighted by atomic mass is 9.97. The van der Waals surface area contributed by atoms with Crippen LogP contribution in [-0.4, -0.2) is 19.0 Å². The number of carbonyl (C=O) groups excluding carboxylic acids is 1. The van der Waals surface area contributed by atoms with Crippen LogP contribution in [0.25, 0.3) is 0 Å². The molecule has 0 aromatic heterocycles. The van der Waals surface area contributed by atoms with Gasteiger partial charge in [0.25, 0.3) is 0 Å². The summed E-state index contributed by atoms with van der Waals surface area (Å²) in [7, 11) is 0. The number of hydrogen-bond acceptors (Lipinski definition) is 3. The van der Waals surface area contributed by atoms with E-state index in [0.717, 1.165) is 30.2 Å². The fourth-order valence-corrected chi connectivity index (χ4v) is 3.21. The number of para-hydroxylation sites is 3. The molecule has 4 heteroatoms. The molecular weight excluding hydrogens is 336 g/mol. The van der Waals surface area contributed by atoms with Crippen LogP contribution in [-0.2, 0) is 4.79 Å². The summed E-state index contributed by atoms with van der Waals surface area (Å²) >= 11 is 0. The van der Waals surface area contributed by atoms with E-state index in [9.17, 15) is 4.79 Å². The molecule has 0 saturated heterocycles. The molecule has 0 bridgehead atoms. The van der Waals surface area contributed by atoms with Crippen molar-refractivity contribution >= 4 is 11.6 Å². The van der Waals surface area contributed by atoms with Crippen LogP contribution in [0.4, 0.5) is 5.69 Å². The third-order valence-electron chi connectivity index (χ3n) is 4.68. The van der Waals surface area contributed by atoms with Crippen molar-refractivity contribution in [3.05, 3.63) is 66.2 Å². The molecule has 3 rings (SSSR count). The van der Waals surface area contributed by atoms with Crippen molar-refractivity contribution < 1.29 is 9.53 Å². The van der Waals surface area contributed by atoms with Gasteiger partial charge in [-0.1, -0.05) is 42.0 Å². The van der Waals surface area contributed by atoms with Crippen molar-refractivity contribution in [2.24, 2.45) is 0 Å². The van der Waals surface area contributed by atoms with Gasteiger partial charge in [0, 0.05) is 19.5 Å². The van der Waals surface area contributed by atoms with E-state index in [1.807, 2.05) is 54.6 Å². The van der Waals surface area contributed by atoms with Crippen LogP contribution in [0.5, 0.6) is 11.5 Å². The van der Waals surface area contributed by atoms with E-state index in [2.05, 4.69) is 16.7 Å². The van der Waals surface area contributed by atoms with Crippen LogP contribution in [0.1, 0.15) is 38.5 Å². The average Bonchev–Trinajstić information content (AvgIpc) is 2.71. The lowest BCUT2D eigenvalue weighted by Gasteiger charge is -2.14. The highest BCUT2D eigenvalue weighted by Gasteiger charge is 2.07. The molecule has 1 amide bonds. The Morgan fingerprint density at radius 2 is 1.78 bits per heavy atom. The molecule has 0 heterocycles. The van der Waals surface area contributed by atoms with Gasteiger partial charge in [-0.15, -0.1) is 0 Å². The first kappa shape index (κ1) is 19.0. The van der Waals surface area contributed by atoms with Gasteiger partial charge < -0.3 is 15.4 Å². The molecule has 2 N–H and O–H groups in total. The van der Waals surface area contributed by atoms with Crippen molar-refractivity contribution in [3.63, 3.8) is 0 Å². The highest BCUT2D eigenvalue weighted by atomic mass is 16.5. The van der Waals surface area contributed by atoms with Crippen molar-refractivity contribution in [2.75, 3.05) is 18.4 Å². The maximum absolute atomic E-state index is 12.0. The molecule has 1 aliphatic carbocycles. The van der Waals surface area contributed by atoms with Crippen molar-refractivity contribution in [1.82, 2.24) is 5.32 Å². The molecular formula is C23H28N2O2. The first-order valence-corrected chi connectivity index (χ1v) is 9.82. The minimum Gasteiger partial charge on any atom is -0.455 e. The van der Waals surface area contributed by atoms with Crippen LogP contribution < -0.4 is 15.4 Å². The number of rotatable bonds is 9. The van der Waals surface area contributed by atoms with Crippen LogP contribution in [0, 0.1) is 0 Å². The van der Waals surface area contributed by atoms with Gasteiger partial charge in [-0.25, -0.2) is 0 Å². The second-order valence-electron chi connectivity index (χ2n) is 6.80. The lowest BCUT2D eigenvalue weighted by Crippen LogP contribution is -2.26. The number of nitrogens with one attached hydrogen (secondary N) is 2. The van der Waals surface area contributed by atoms with E-state index >= 15 is 0 Å². The van der Waals surface area contributed by atoms with E-state index in [1.165, 1.54) is 31.3 Å². The number of ether oxygens (including phenoxy) is 1. The Balaban J connectivity index is 1.41. The molecule has 4 nitrogen and oxygen atoms in total. The zero-order chi connectivity index (χ0) is 18.7. The summed E-state index contributed by atoms with van der Waals surface area (Å²) < 4.78 is 5.93. The fraction of sp³-hybridized carbons (Fsp3) is 0.348. The third-order valence-corrected chi connectivity index (χ3v) is 4.68. The second kappa shape index (κ2) is 10.4. The molecule has 0 unspecified atom stereocenters. The summed E-state index contributed by atoms with van der Waals surface area (Å²) in [5.41, 5.74) is 2.38. The maximum Gasteiger partial charge on any atom is 0.221 e. The molecule has 2 aromatic rings. The summed E-state index contributed by atoms with van der Waals surface area (Å²) in [6.07, 6.45) is 8.73. The SMILES string of the molecule is O=C(CCNc1ccccc1Oc1ccccc1)NCCC1=CCCCC1. The Morgan fingerprint density at radius 3 is 2.59 bits per heavy atom. The maximum atomic E-state index is 12.0. The van der Waals surface area contributed by atoms with Gasteiger partial charge in [-0.05, 0) is 56.4 Å². The minimum atomic E-state index is 0.0837. The molecule has 0 spiro atoms. The van der Waals surface area contributed by atoms with Gasteiger partial charge in [-0.2, -0.15) is 0 Å². The Morgan fingerprint density at radius 1 is 0.963 bits per heavy atom. The zero-order valence-corrected chi connectivity index (χ0v) is 15.7. The highest BCUT2D eigenvalue weighted by molar-refractivity contribution is 5.76. The number of benzene rings is 2. The predicted octanol–water partition coefficient (Wildman–Crippen LogP) is 5.29. The first-order valence-electron chi connectivity index (χ1n) is 9.82. The van der Waals surface area contributed by atoms with Gasteiger partial charge >= 0.3 is 0 Å². The van der Waals surface area contributed by atoms with Gasteiger partial charge in [0.2, 0.25) is 5.91 Å². The number of allylic oxidation sites excluding steroid dienone is 1. The molecule has 0 saturated carbocycles. The zero-order valence-electron chi connectivity index (χ0n) is 15.7. The normalized spacial score (nSPS) is 13.6. The average molecular weight is 364 g/mol. The number of carbonyl (C=O) groups is 1. The number of hydrogen-bond donors (Lipinski definition) is 2. The smallest absolute Gasteiger partial charge is 0.221 e. The molecule has 2 aromatic carbocycles. The standard InChI is InChI=1S/C23H28N2O2/c26-23(25-17-15-19-9-3-1-4-10-19)16-18-24-21-13-7-8-14-22(21)27-20-11-5-2-6-12-20/h2,5-9,11-14,24H,1,3-4,10,15-18H2,(H,25,26). The van der Waals surface area contributed by atoms with Crippen LogP contribution in [0.15, 0.2) is 66.2 Å². The first-order chi connectivity index (χ1) is 13.3. The van der Waals surface area contributed by atoms with Crippen molar-refractivity contribution in [2.45, 2.75) is 38.5 Å². The van der Waals surface area contributed by atoms with Crippen molar-refractivity contribution in [3.8, 4) is 11.5 Å².